The van der Waals surface area contributed by atoms with E-state index in [9.17, 15) is 13.2 Å². The highest BCUT2D eigenvalue weighted by Crippen LogP contribution is 2.23. The Bertz CT molecular complexity index is 1290. The SMILES string of the molecule is Cc1cc(/C=N\NC(=O)CN(c2cccc(Cl)c2)S(C)(=O)=O)c(C)n1-c1cccc(Br)c1. The van der Waals surface area contributed by atoms with Crippen LogP contribution in [0, 0.1) is 13.8 Å². The monoisotopic (exact) mass is 536 g/mol. The smallest absolute Gasteiger partial charge is 0.260 e. The van der Waals surface area contributed by atoms with Crippen molar-refractivity contribution in [1.82, 2.24) is 9.99 Å². The molecule has 0 aliphatic rings. The van der Waals surface area contributed by atoms with Crippen LogP contribution in [0.5, 0.6) is 0 Å². The highest BCUT2D eigenvalue weighted by atomic mass is 79.9. The number of nitrogens with zero attached hydrogens (tertiary/aromatic N) is 3. The van der Waals surface area contributed by atoms with Gasteiger partial charge in [-0.05, 0) is 56.3 Å². The lowest BCUT2D eigenvalue weighted by atomic mass is 10.2. The third-order valence-electron chi connectivity index (χ3n) is 4.71. The van der Waals surface area contributed by atoms with Crippen molar-refractivity contribution in [3.63, 3.8) is 0 Å². The van der Waals surface area contributed by atoms with E-state index >= 15 is 0 Å². The van der Waals surface area contributed by atoms with Gasteiger partial charge in [-0.25, -0.2) is 13.8 Å². The van der Waals surface area contributed by atoms with Crippen molar-refractivity contribution in [1.29, 1.82) is 0 Å². The van der Waals surface area contributed by atoms with Crippen LogP contribution < -0.4 is 9.73 Å². The van der Waals surface area contributed by atoms with Crippen LogP contribution in [0.25, 0.3) is 5.69 Å². The number of carbonyl (C=O) groups excluding carboxylic acids is 1. The van der Waals surface area contributed by atoms with Gasteiger partial charge >= 0.3 is 0 Å². The predicted molar refractivity (Wildman–Crippen MR) is 132 cm³/mol. The third-order valence-corrected chi connectivity index (χ3v) is 6.58. The molecule has 0 spiro atoms. The topological polar surface area (TPSA) is 83.8 Å². The zero-order valence-electron chi connectivity index (χ0n) is 17.7. The molecule has 3 rings (SSSR count). The highest BCUT2D eigenvalue weighted by molar-refractivity contribution is 9.10. The fourth-order valence-corrected chi connectivity index (χ4v) is 4.72. The molecule has 0 atom stereocenters. The summed E-state index contributed by atoms with van der Waals surface area (Å²) in [6, 6.07) is 16.2. The molecular formula is C22H22BrClN4O3S. The van der Waals surface area contributed by atoms with Crippen molar-refractivity contribution in [2.75, 3.05) is 17.1 Å². The van der Waals surface area contributed by atoms with Gasteiger partial charge in [-0.3, -0.25) is 9.10 Å². The molecule has 168 valence electrons. The van der Waals surface area contributed by atoms with Crippen molar-refractivity contribution in [2.24, 2.45) is 5.10 Å². The molecule has 0 aliphatic carbocycles. The minimum Gasteiger partial charge on any atom is -0.318 e. The Labute approximate surface area is 200 Å². The average molecular weight is 538 g/mol. The molecule has 10 heteroatoms. The van der Waals surface area contributed by atoms with E-state index in [1.54, 1.807) is 24.4 Å². The summed E-state index contributed by atoms with van der Waals surface area (Å²) in [4.78, 5) is 12.4. The van der Waals surface area contributed by atoms with E-state index in [2.05, 4.69) is 31.0 Å². The standard InChI is InChI=1S/C22H22BrClN4O3S/c1-15-10-17(16(2)28(15)21-9-4-6-18(23)11-21)13-25-26-22(29)14-27(32(3,30)31)20-8-5-7-19(24)12-20/h4-13H,14H2,1-3H3,(H,26,29)/b25-13-. The molecule has 3 aromatic rings. The van der Waals surface area contributed by atoms with Crippen LogP contribution in [0.3, 0.4) is 0 Å². The van der Waals surface area contributed by atoms with Gasteiger partial charge in [0.1, 0.15) is 6.54 Å². The van der Waals surface area contributed by atoms with Crippen molar-refractivity contribution in [3.8, 4) is 5.69 Å². The lowest BCUT2D eigenvalue weighted by molar-refractivity contribution is -0.119. The zero-order valence-corrected chi connectivity index (χ0v) is 20.9. The normalized spacial score (nSPS) is 11.7. The van der Waals surface area contributed by atoms with E-state index in [0.29, 0.717) is 10.7 Å². The van der Waals surface area contributed by atoms with Crippen LogP contribution in [-0.2, 0) is 14.8 Å². The van der Waals surface area contributed by atoms with E-state index in [0.717, 1.165) is 37.7 Å². The van der Waals surface area contributed by atoms with Gasteiger partial charge in [0, 0.05) is 32.1 Å². The summed E-state index contributed by atoms with van der Waals surface area (Å²) in [5.74, 6) is -0.576. The number of halogens is 2. The van der Waals surface area contributed by atoms with E-state index in [4.69, 9.17) is 11.6 Å². The van der Waals surface area contributed by atoms with E-state index in [1.165, 1.54) is 6.07 Å². The molecule has 7 nitrogen and oxygen atoms in total. The Morgan fingerprint density at radius 3 is 2.56 bits per heavy atom. The molecule has 0 saturated carbocycles. The molecule has 0 radical (unpaired) electrons. The largest absolute Gasteiger partial charge is 0.318 e. The zero-order chi connectivity index (χ0) is 23.5. The Balaban J connectivity index is 1.74. The van der Waals surface area contributed by atoms with Gasteiger partial charge in [-0.2, -0.15) is 5.10 Å². The van der Waals surface area contributed by atoms with E-state index < -0.39 is 22.5 Å². The number of hydrogen-bond donors (Lipinski definition) is 1. The fourth-order valence-electron chi connectivity index (χ4n) is 3.30. The maximum Gasteiger partial charge on any atom is 0.260 e. The highest BCUT2D eigenvalue weighted by Gasteiger charge is 2.21. The summed E-state index contributed by atoms with van der Waals surface area (Å²) in [5.41, 5.74) is 6.50. The number of sulfonamides is 1. The quantitative estimate of drug-likeness (QED) is 0.358. The molecule has 1 amide bonds. The number of aromatic nitrogens is 1. The number of aryl methyl sites for hydroxylation is 1. The maximum absolute atomic E-state index is 12.4. The van der Waals surface area contributed by atoms with Crippen LogP contribution >= 0.6 is 27.5 Å². The first-order valence-corrected chi connectivity index (χ1v) is 12.6. The third kappa shape index (κ3) is 5.79. The van der Waals surface area contributed by atoms with Crippen LogP contribution in [-0.4, -0.2) is 37.9 Å². The molecule has 0 bridgehead atoms. The lowest BCUT2D eigenvalue weighted by Gasteiger charge is -2.21. The number of carbonyl (C=O) groups is 1. The minimum absolute atomic E-state index is 0.302. The van der Waals surface area contributed by atoms with Gasteiger partial charge in [-0.1, -0.05) is 39.7 Å². The molecular weight excluding hydrogens is 516 g/mol. The number of anilines is 1. The Morgan fingerprint density at radius 2 is 1.91 bits per heavy atom. The van der Waals surface area contributed by atoms with Crippen molar-refractivity contribution in [2.45, 2.75) is 13.8 Å². The number of amides is 1. The molecule has 0 fully saturated rings. The second kappa shape index (κ2) is 9.89. The number of rotatable bonds is 7. The summed E-state index contributed by atoms with van der Waals surface area (Å²) >= 11 is 9.45. The summed E-state index contributed by atoms with van der Waals surface area (Å²) in [5, 5.41) is 4.39. The molecule has 1 N–H and O–H groups in total. The van der Waals surface area contributed by atoms with Gasteiger partial charge in [0.2, 0.25) is 10.0 Å². The molecule has 1 aromatic heterocycles. The van der Waals surface area contributed by atoms with E-state index in [1.807, 2.05) is 44.2 Å². The van der Waals surface area contributed by atoms with Crippen LogP contribution in [0.4, 0.5) is 5.69 Å². The first-order chi connectivity index (χ1) is 15.1. The number of benzene rings is 2. The first-order valence-electron chi connectivity index (χ1n) is 9.56. The van der Waals surface area contributed by atoms with E-state index in [-0.39, 0.29) is 0 Å². The minimum atomic E-state index is -3.70. The predicted octanol–water partition coefficient (Wildman–Crippen LogP) is 4.43. The number of hydrogen-bond acceptors (Lipinski definition) is 4. The Morgan fingerprint density at radius 1 is 1.19 bits per heavy atom. The lowest BCUT2D eigenvalue weighted by Crippen LogP contribution is -2.39. The molecule has 32 heavy (non-hydrogen) atoms. The van der Waals surface area contributed by atoms with Gasteiger partial charge in [-0.15, -0.1) is 0 Å². The Hall–Kier alpha value is -2.62. The average Bonchev–Trinajstić information content (AvgIpc) is 2.98. The second-order valence-electron chi connectivity index (χ2n) is 7.18. The summed E-state index contributed by atoms with van der Waals surface area (Å²) in [6.45, 7) is 3.52. The molecule has 0 saturated heterocycles. The molecule has 1 heterocycles. The molecule has 0 unspecified atom stereocenters. The summed E-state index contributed by atoms with van der Waals surface area (Å²) in [6.07, 6.45) is 2.57. The van der Waals surface area contributed by atoms with Gasteiger partial charge in [0.25, 0.3) is 5.91 Å². The molecule has 2 aromatic carbocycles. The summed E-state index contributed by atoms with van der Waals surface area (Å²) in [7, 11) is -3.70. The second-order valence-corrected chi connectivity index (χ2v) is 10.4. The van der Waals surface area contributed by atoms with Gasteiger partial charge in [0.05, 0.1) is 18.2 Å². The fraction of sp³-hybridized carbons (Fsp3) is 0.182. The first kappa shape index (κ1) is 24.0. The Kier molecular flexibility index (Phi) is 7.43. The van der Waals surface area contributed by atoms with Crippen molar-refractivity contribution in [3.05, 3.63) is 81.0 Å². The van der Waals surface area contributed by atoms with Crippen LogP contribution in [0.1, 0.15) is 17.0 Å². The van der Waals surface area contributed by atoms with Crippen molar-refractivity contribution < 1.29 is 13.2 Å². The van der Waals surface area contributed by atoms with Crippen molar-refractivity contribution >= 4 is 55.4 Å². The molecule has 0 aliphatic heterocycles. The maximum atomic E-state index is 12.4. The van der Waals surface area contributed by atoms with Gasteiger partial charge < -0.3 is 4.57 Å². The summed E-state index contributed by atoms with van der Waals surface area (Å²) < 4.78 is 28.4. The number of hydrazone groups is 1. The van der Waals surface area contributed by atoms with Gasteiger partial charge in [0.15, 0.2) is 0 Å². The number of nitrogens with one attached hydrogen (secondary N) is 1. The van der Waals surface area contributed by atoms with Crippen LogP contribution in [0.2, 0.25) is 5.02 Å². The van der Waals surface area contributed by atoms with Crippen LogP contribution in [0.15, 0.2) is 64.2 Å².